The fourth-order valence-corrected chi connectivity index (χ4v) is 7.60. The molecule has 0 radical (unpaired) electrons. The Balaban J connectivity index is 1.17. The first-order valence-electron chi connectivity index (χ1n) is 12.2. The Kier molecular flexibility index (Phi) is 5.40. The maximum atomic E-state index is 13.2. The average Bonchev–Trinajstić information content (AvgIpc) is 3.42. The molecule has 1 N–H and O–H groups in total. The van der Waals surface area contributed by atoms with Gasteiger partial charge in [0.15, 0.2) is 5.82 Å². The van der Waals surface area contributed by atoms with Gasteiger partial charge in [-0.15, -0.1) is 0 Å². The highest BCUT2D eigenvalue weighted by atomic mass is 35.5. The molecule has 4 aliphatic rings. The van der Waals surface area contributed by atoms with Crippen LogP contribution in [0.5, 0.6) is 0 Å². The summed E-state index contributed by atoms with van der Waals surface area (Å²) < 4.78 is 16.6. The number of anilines is 1. The quantitative estimate of drug-likeness (QED) is 0.348. The number of hydrogen-bond acceptors (Lipinski definition) is 5. The fraction of sp³-hybridized carbons (Fsp3) is 0.480. The van der Waals surface area contributed by atoms with Crippen LogP contribution in [0.25, 0.3) is 0 Å². The Morgan fingerprint density at radius 3 is 2.58 bits per heavy atom. The number of amides is 1. The Labute approximate surface area is 211 Å². The lowest BCUT2D eigenvalue weighted by atomic mass is 9.46. The molecular weight excluding hydrogens is 487 g/mol. The van der Waals surface area contributed by atoms with Gasteiger partial charge in [0.05, 0.1) is 17.0 Å². The highest BCUT2D eigenvalue weighted by molar-refractivity contribution is 6.33. The zero-order chi connectivity index (χ0) is 25.1. The number of aromatic nitrogens is 4. The van der Waals surface area contributed by atoms with Gasteiger partial charge in [-0.05, 0) is 73.5 Å². The molecule has 4 aliphatic carbocycles. The van der Waals surface area contributed by atoms with Crippen LogP contribution in [-0.2, 0) is 16.9 Å². The SMILES string of the molecule is O=C(CC12CC3CC(C1)CC(n1cc([N+](=O)[O-])cn1)(C3)C2)Nc1nn(Cc2ccc(F)cc2)cc1Cl. The second-order valence-corrected chi connectivity index (χ2v) is 11.4. The van der Waals surface area contributed by atoms with Crippen LogP contribution in [0.4, 0.5) is 15.9 Å². The lowest BCUT2D eigenvalue weighted by Gasteiger charge is -2.61. The van der Waals surface area contributed by atoms with Crippen molar-refractivity contribution in [2.24, 2.45) is 17.3 Å². The van der Waals surface area contributed by atoms with Crippen molar-refractivity contribution in [3.05, 3.63) is 69.4 Å². The smallest absolute Gasteiger partial charge is 0.307 e. The van der Waals surface area contributed by atoms with E-state index in [1.807, 2.05) is 4.68 Å². The number of nitrogens with zero attached hydrogens (tertiary/aromatic N) is 5. The molecule has 2 heterocycles. The molecule has 0 aliphatic heterocycles. The van der Waals surface area contributed by atoms with Gasteiger partial charge >= 0.3 is 5.69 Å². The molecule has 1 aromatic carbocycles. The number of benzene rings is 1. The van der Waals surface area contributed by atoms with E-state index in [1.54, 1.807) is 29.2 Å². The van der Waals surface area contributed by atoms with Crippen LogP contribution in [0.1, 0.15) is 50.5 Å². The fourth-order valence-electron chi connectivity index (χ4n) is 7.40. The summed E-state index contributed by atoms with van der Waals surface area (Å²) in [4.78, 5) is 24.0. The van der Waals surface area contributed by atoms with Gasteiger partial charge in [-0.25, -0.2) is 4.39 Å². The third-order valence-electron chi connectivity index (χ3n) is 8.19. The van der Waals surface area contributed by atoms with E-state index in [0.29, 0.717) is 35.6 Å². The van der Waals surface area contributed by atoms with Gasteiger partial charge in [-0.1, -0.05) is 23.7 Å². The summed E-state index contributed by atoms with van der Waals surface area (Å²) in [5.74, 6) is 0.849. The average molecular weight is 513 g/mol. The molecule has 0 saturated heterocycles. The van der Waals surface area contributed by atoms with Gasteiger partial charge in [-0.2, -0.15) is 10.2 Å². The van der Waals surface area contributed by atoms with E-state index in [1.165, 1.54) is 18.3 Å². The van der Waals surface area contributed by atoms with Crippen molar-refractivity contribution < 1.29 is 14.1 Å². The van der Waals surface area contributed by atoms with Gasteiger partial charge in [0.1, 0.15) is 23.2 Å². The zero-order valence-corrected chi connectivity index (χ0v) is 20.3. The Morgan fingerprint density at radius 1 is 1.19 bits per heavy atom. The minimum Gasteiger partial charge on any atom is -0.308 e. The molecule has 1 amide bonds. The number of nitro groups is 1. The minimum absolute atomic E-state index is 0.00315. The van der Waals surface area contributed by atoms with Crippen molar-refractivity contribution in [3.8, 4) is 0 Å². The summed E-state index contributed by atoms with van der Waals surface area (Å²) in [6.45, 7) is 0.404. The topological polar surface area (TPSA) is 108 Å². The van der Waals surface area contributed by atoms with Crippen LogP contribution < -0.4 is 5.32 Å². The van der Waals surface area contributed by atoms with Gasteiger partial charge in [0, 0.05) is 12.6 Å². The number of carbonyl (C=O) groups excluding carboxylic acids is 1. The first-order valence-corrected chi connectivity index (χ1v) is 12.6. The number of nitrogens with one attached hydrogen (secondary N) is 1. The molecule has 4 saturated carbocycles. The molecule has 0 spiro atoms. The monoisotopic (exact) mass is 512 g/mol. The largest absolute Gasteiger partial charge is 0.308 e. The van der Waals surface area contributed by atoms with Crippen LogP contribution in [0.3, 0.4) is 0 Å². The summed E-state index contributed by atoms with van der Waals surface area (Å²) in [5.41, 5.74) is 0.431. The van der Waals surface area contributed by atoms with Crippen molar-refractivity contribution in [1.29, 1.82) is 0 Å². The number of carbonyl (C=O) groups is 1. The second kappa shape index (κ2) is 8.40. The van der Waals surface area contributed by atoms with Crippen LogP contribution in [0.2, 0.25) is 5.02 Å². The van der Waals surface area contributed by atoms with Crippen LogP contribution in [0, 0.1) is 33.2 Å². The molecule has 36 heavy (non-hydrogen) atoms. The van der Waals surface area contributed by atoms with Gasteiger partial charge in [0.25, 0.3) is 0 Å². The number of halogens is 2. The summed E-state index contributed by atoms with van der Waals surface area (Å²) in [6.07, 6.45) is 10.7. The van der Waals surface area contributed by atoms with E-state index < -0.39 is 4.92 Å². The van der Waals surface area contributed by atoms with Crippen molar-refractivity contribution in [1.82, 2.24) is 19.6 Å². The molecule has 7 rings (SSSR count). The predicted octanol–water partition coefficient (Wildman–Crippen LogP) is 5.15. The molecular formula is C25H26ClFN6O3. The number of hydrogen-bond donors (Lipinski definition) is 1. The predicted molar refractivity (Wildman–Crippen MR) is 130 cm³/mol. The zero-order valence-electron chi connectivity index (χ0n) is 19.6. The van der Waals surface area contributed by atoms with Crippen molar-refractivity contribution in [2.75, 3.05) is 5.32 Å². The van der Waals surface area contributed by atoms with E-state index in [9.17, 15) is 19.3 Å². The third-order valence-corrected chi connectivity index (χ3v) is 8.46. The summed E-state index contributed by atoms with van der Waals surface area (Å²) in [7, 11) is 0. The van der Waals surface area contributed by atoms with E-state index in [4.69, 9.17) is 11.6 Å². The highest BCUT2D eigenvalue weighted by Crippen LogP contribution is 2.65. The number of rotatable bonds is 7. The highest BCUT2D eigenvalue weighted by Gasteiger charge is 2.59. The molecule has 188 valence electrons. The molecule has 2 aromatic heterocycles. The van der Waals surface area contributed by atoms with Crippen molar-refractivity contribution >= 4 is 29.0 Å². The lowest BCUT2D eigenvalue weighted by Crippen LogP contribution is -2.57. The Morgan fingerprint density at radius 2 is 1.92 bits per heavy atom. The van der Waals surface area contributed by atoms with Crippen LogP contribution >= 0.6 is 11.6 Å². The molecule has 4 bridgehead atoms. The van der Waals surface area contributed by atoms with Gasteiger partial charge in [-0.3, -0.25) is 24.3 Å². The Bertz CT molecular complexity index is 1320. The first-order chi connectivity index (χ1) is 17.2. The third kappa shape index (κ3) is 4.17. The summed E-state index contributed by atoms with van der Waals surface area (Å²) in [5, 5.41) is 23.3. The molecule has 2 atom stereocenters. The standard InChI is InChI=1S/C25H26ClFN6O3/c26-21-14-31(12-16-1-3-19(27)4-2-16)30-23(21)29-22(34)10-24-6-17-5-18(7-24)9-25(8-17,15-24)32-13-20(11-28-32)33(35)36/h1-4,11,13-14,17-18H,5-10,12,15H2,(H,29,30,34). The minimum atomic E-state index is -0.411. The molecule has 4 fully saturated rings. The molecule has 3 aromatic rings. The molecule has 11 heteroatoms. The van der Waals surface area contributed by atoms with E-state index in [-0.39, 0.29) is 28.4 Å². The van der Waals surface area contributed by atoms with Crippen LogP contribution in [-0.4, -0.2) is 30.4 Å². The second-order valence-electron chi connectivity index (χ2n) is 11.0. The lowest BCUT2D eigenvalue weighted by molar-refractivity contribution is -0.385. The van der Waals surface area contributed by atoms with Crippen LogP contribution in [0.15, 0.2) is 42.9 Å². The maximum Gasteiger partial charge on any atom is 0.307 e. The first kappa shape index (κ1) is 23.1. The molecule has 9 nitrogen and oxygen atoms in total. The Hall–Kier alpha value is -3.27. The van der Waals surface area contributed by atoms with E-state index in [0.717, 1.165) is 44.1 Å². The summed E-state index contributed by atoms with van der Waals surface area (Å²) >= 11 is 6.36. The normalized spacial score (nSPS) is 28.4. The van der Waals surface area contributed by atoms with Crippen molar-refractivity contribution in [3.63, 3.8) is 0 Å². The van der Waals surface area contributed by atoms with Gasteiger partial charge < -0.3 is 5.32 Å². The van der Waals surface area contributed by atoms with Crippen molar-refractivity contribution in [2.45, 2.75) is 57.0 Å². The van der Waals surface area contributed by atoms with Gasteiger partial charge in [0.2, 0.25) is 5.91 Å². The molecule has 2 unspecified atom stereocenters. The van der Waals surface area contributed by atoms with E-state index in [2.05, 4.69) is 15.5 Å². The van der Waals surface area contributed by atoms with E-state index >= 15 is 0 Å². The maximum absolute atomic E-state index is 13.2. The summed E-state index contributed by atoms with van der Waals surface area (Å²) in [6, 6.07) is 6.15.